The number of aliphatic hydroxyl groups is 1. The lowest BCUT2D eigenvalue weighted by molar-refractivity contribution is -0.385. The second kappa shape index (κ2) is 24.4. The number of guanidine groups is 4. The van der Waals surface area contributed by atoms with E-state index in [-0.39, 0.29) is 11.6 Å². The number of nitro groups is 1. The van der Waals surface area contributed by atoms with E-state index in [1.165, 1.54) is 42.5 Å². The fraction of sp³-hybridized carbons (Fsp3) is 0.225. The van der Waals surface area contributed by atoms with Crippen LogP contribution in [-0.4, -0.2) is 105 Å². The topological polar surface area (TPSA) is 526 Å². The summed E-state index contributed by atoms with van der Waals surface area (Å²) in [6.07, 6.45) is -22.5. The number of primary amides is 1. The second-order valence-corrected chi connectivity index (χ2v) is 15.2. The molecule has 0 radical (unpaired) electrons. The molecule has 30 nitrogen and oxygen atoms in total. The van der Waals surface area contributed by atoms with Crippen molar-refractivity contribution >= 4 is 81.6 Å². The van der Waals surface area contributed by atoms with E-state index in [1.807, 2.05) is 21.3 Å². The number of nitro benzene ring substituents is 1. The van der Waals surface area contributed by atoms with Gasteiger partial charge < -0.3 is 88.2 Å². The van der Waals surface area contributed by atoms with Gasteiger partial charge >= 0.3 is 12.4 Å². The van der Waals surface area contributed by atoms with Gasteiger partial charge in [-0.3, -0.25) is 38.9 Å². The van der Waals surface area contributed by atoms with E-state index >= 15 is 0 Å². The standard InChI is InChI=1S/C40H45F6N21O9/c41-39(42,43)18-11-6-10-17-20(13-21(40(44,45)46)56-23(17)18)66(14-16-9-4-5-12-19(16)67(75)76)34(74)33(73)57-22(15-7-2-1-3-8-15)29(69)59-26(63-36(50)51)31(71)61-28(65-38(54)55)32(72)60-27(64-37(52)53)30(70)58-25(24(47)68)62-35(48)49/h1-13,22,25-28,34,74H,14H2,(H2,47,68)(H,57,73)(H,58,70)(H,59,69)(H,60,72)(H,61,71)(H4,48,49,62)(H4,50,51,63)(H4,52,53,64)(H4,54,55,65). The summed E-state index contributed by atoms with van der Waals surface area (Å²) in [5.41, 5.74) is 41.3. The van der Waals surface area contributed by atoms with Gasteiger partial charge in [-0.05, 0) is 17.7 Å². The van der Waals surface area contributed by atoms with Crippen LogP contribution in [0.1, 0.15) is 28.4 Å². The van der Waals surface area contributed by atoms with Gasteiger partial charge in [-0.15, -0.1) is 0 Å². The summed E-state index contributed by atoms with van der Waals surface area (Å²) < 4.78 is 86.2. The zero-order valence-electron chi connectivity index (χ0n) is 38.5. The largest absolute Gasteiger partial charge is 0.433 e. The van der Waals surface area contributed by atoms with Crippen molar-refractivity contribution in [2.45, 2.75) is 55.8 Å². The average Bonchev–Trinajstić information content (AvgIpc) is 3.32. The molecule has 3 aromatic carbocycles. The summed E-state index contributed by atoms with van der Waals surface area (Å²) in [6, 6.07) is 11.1. The number of alkyl halides is 6. The third-order valence-electron chi connectivity index (χ3n) is 9.71. The lowest BCUT2D eigenvalue weighted by Crippen LogP contribution is -2.58. The SMILES string of the molecule is NC(=O)C(N=C(N)N)NC(=O)C(N=C(N)N)NC(=O)C(N=C(N)N)NC(=O)C(N=C(N)N)NC(=O)C(NC(=O)C(O)N(Cc1ccccc1[N+](=O)[O-])c1cc(C(F)(F)F)nc2c(C(F)(F)F)cccc12)c1ccccc1. The first kappa shape index (κ1) is 58.3. The number of para-hydroxylation sites is 2. The number of rotatable bonds is 21. The number of benzene rings is 3. The van der Waals surface area contributed by atoms with Crippen molar-refractivity contribution in [2.24, 2.45) is 71.6 Å². The van der Waals surface area contributed by atoms with Gasteiger partial charge in [-0.2, -0.15) is 26.3 Å². The normalized spacial score (nSPS) is 13.6. The first-order valence-corrected chi connectivity index (χ1v) is 20.9. The molecule has 6 atom stereocenters. The van der Waals surface area contributed by atoms with Gasteiger partial charge in [-0.25, -0.2) is 25.0 Å². The summed E-state index contributed by atoms with van der Waals surface area (Å²) >= 11 is 0. The molecule has 0 aliphatic heterocycles. The predicted octanol–water partition coefficient (Wildman–Crippen LogP) is -4.29. The maximum atomic E-state index is 14.4. The van der Waals surface area contributed by atoms with E-state index in [9.17, 15) is 70.3 Å². The van der Waals surface area contributed by atoms with Crippen molar-refractivity contribution < 1.29 is 65.1 Å². The zero-order valence-corrected chi connectivity index (χ0v) is 38.5. The van der Waals surface area contributed by atoms with Crippen LogP contribution in [0.25, 0.3) is 10.9 Å². The molecule has 406 valence electrons. The number of halogens is 6. The maximum absolute atomic E-state index is 14.4. The molecule has 0 bridgehead atoms. The van der Waals surface area contributed by atoms with Crippen LogP contribution in [0.3, 0.4) is 0 Å². The van der Waals surface area contributed by atoms with E-state index in [2.05, 4.69) is 30.3 Å². The molecule has 6 unspecified atom stereocenters. The van der Waals surface area contributed by atoms with E-state index in [1.54, 1.807) is 0 Å². The molecule has 0 aliphatic carbocycles. The number of nitrogens with zero attached hydrogens (tertiary/aromatic N) is 7. The molecule has 36 heteroatoms. The number of fused-ring (bicyclic) bond motifs is 1. The Balaban J connectivity index is 1.78. The highest BCUT2D eigenvalue weighted by Crippen LogP contribution is 2.41. The monoisotopic (exact) mass is 1080 g/mol. The van der Waals surface area contributed by atoms with Crippen molar-refractivity contribution in [3.8, 4) is 0 Å². The summed E-state index contributed by atoms with van der Waals surface area (Å²) in [6.45, 7) is -1.07. The smallest absolute Gasteiger partial charge is 0.370 e. The molecule has 0 saturated carbocycles. The number of pyridine rings is 1. The predicted molar refractivity (Wildman–Crippen MR) is 255 cm³/mol. The summed E-state index contributed by atoms with van der Waals surface area (Å²) in [4.78, 5) is 110. The van der Waals surface area contributed by atoms with Gasteiger partial charge in [0.05, 0.1) is 28.2 Å². The van der Waals surface area contributed by atoms with Crippen LogP contribution in [0.5, 0.6) is 0 Å². The lowest BCUT2D eigenvalue weighted by Gasteiger charge is -2.32. The van der Waals surface area contributed by atoms with E-state index in [0.29, 0.717) is 11.0 Å². The molecule has 1 heterocycles. The van der Waals surface area contributed by atoms with Crippen LogP contribution >= 0.6 is 0 Å². The lowest BCUT2D eigenvalue weighted by atomic mass is 10.0. The van der Waals surface area contributed by atoms with Gasteiger partial charge in [0, 0.05) is 17.0 Å². The Morgan fingerprint density at radius 3 is 1.53 bits per heavy atom. The molecule has 76 heavy (non-hydrogen) atoms. The number of hydrogen-bond donors (Lipinski definition) is 15. The summed E-state index contributed by atoms with van der Waals surface area (Å²) in [5, 5.41) is 33.2. The van der Waals surface area contributed by atoms with Gasteiger partial charge in [0.15, 0.2) is 23.8 Å². The van der Waals surface area contributed by atoms with E-state index < -0.39 is 159 Å². The molecule has 6 amide bonds. The van der Waals surface area contributed by atoms with Crippen LogP contribution < -0.4 is 83.1 Å². The number of aromatic nitrogens is 1. The van der Waals surface area contributed by atoms with Crippen LogP contribution in [0.4, 0.5) is 37.7 Å². The summed E-state index contributed by atoms with van der Waals surface area (Å²) in [7, 11) is 0. The number of hydrogen-bond acceptors (Lipinski definition) is 15. The van der Waals surface area contributed by atoms with Crippen molar-refractivity contribution in [1.82, 2.24) is 31.6 Å². The quantitative estimate of drug-likeness (QED) is 0.00937. The minimum absolute atomic E-state index is 0.182. The number of carbonyl (C=O) groups is 6. The van der Waals surface area contributed by atoms with E-state index in [4.69, 9.17) is 51.6 Å². The fourth-order valence-corrected chi connectivity index (χ4v) is 6.55. The molecule has 0 fully saturated rings. The Bertz CT molecular complexity index is 2980. The molecule has 0 spiro atoms. The van der Waals surface area contributed by atoms with Gasteiger partial charge in [0.1, 0.15) is 11.7 Å². The number of anilines is 1. The van der Waals surface area contributed by atoms with Crippen LogP contribution in [-0.2, 0) is 47.7 Å². The van der Waals surface area contributed by atoms with Gasteiger partial charge in [0.2, 0.25) is 36.8 Å². The molecule has 4 rings (SSSR count). The highest BCUT2D eigenvalue weighted by molar-refractivity contribution is 6.00. The zero-order chi connectivity index (χ0) is 57.0. The average molecular weight is 1080 g/mol. The van der Waals surface area contributed by atoms with Crippen molar-refractivity contribution in [2.75, 3.05) is 4.90 Å². The summed E-state index contributed by atoms with van der Waals surface area (Å²) in [5.74, 6) is -12.4. The van der Waals surface area contributed by atoms with Crippen molar-refractivity contribution in [3.63, 3.8) is 0 Å². The Morgan fingerprint density at radius 1 is 0.605 bits per heavy atom. The third-order valence-corrected chi connectivity index (χ3v) is 9.71. The van der Waals surface area contributed by atoms with Gasteiger partial charge in [-0.1, -0.05) is 60.7 Å². The highest BCUT2D eigenvalue weighted by Gasteiger charge is 2.40. The Morgan fingerprint density at radius 2 is 1.07 bits per heavy atom. The van der Waals surface area contributed by atoms with E-state index in [0.717, 1.165) is 24.3 Å². The van der Waals surface area contributed by atoms with Crippen molar-refractivity contribution in [1.29, 1.82) is 0 Å². The van der Waals surface area contributed by atoms with Gasteiger partial charge in [0.25, 0.3) is 35.2 Å². The molecule has 0 saturated heterocycles. The van der Waals surface area contributed by atoms with Crippen LogP contribution in [0.2, 0.25) is 0 Å². The molecular formula is C40H45F6N21O9. The molecule has 24 N–H and O–H groups in total. The Labute approximate surface area is 421 Å². The fourth-order valence-electron chi connectivity index (χ4n) is 6.55. The number of carbonyl (C=O) groups excluding carboxylic acids is 6. The Kier molecular flexibility index (Phi) is 18.7. The number of amides is 6. The molecule has 4 aromatic rings. The first-order chi connectivity index (χ1) is 35.4. The number of nitrogens with one attached hydrogen (secondary N) is 5. The first-order valence-electron chi connectivity index (χ1n) is 20.9. The highest BCUT2D eigenvalue weighted by atomic mass is 19.4. The number of aliphatic hydroxyl groups excluding tert-OH is 1. The minimum atomic E-state index is -5.47. The third kappa shape index (κ3) is 15.6. The molecular weight excluding hydrogens is 1030 g/mol. The number of aliphatic imine (C=N–C) groups is 4. The van der Waals surface area contributed by atoms with Crippen LogP contribution in [0.15, 0.2) is 98.8 Å². The number of nitrogens with two attached hydrogens (primary N) is 9. The minimum Gasteiger partial charge on any atom is -0.370 e. The van der Waals surface area contributed by atoms with Crippen LogP contribution in [0, 0.1) is 10.1 Å². The molecule has 0 aliphatic rings. The molecule has 1 aromatic heterocycles. The Hall–Kier alpha value is -10.3. The van der Waals surface area contributed by atoms with Crippen molar-refractivity contribution in [3.05, 3.63) is 111 Å². The second-order valence-electron chi connectivity index (χ2n) is 15.2. The maximum Gasteiger partial charge on any atom is 0.433 e.